The largest absolute Gasteiger partial charge is 0.507 e. The van der Waals surface area contributed by atoms with E-state index in [1.54, 1.807) is 17.4 Å². The highest BCUT2D eigenvalue weighted by molar-refractivity contribution is 8.01. The molecular weight excluding hydrogens is 378 g/mol. The number of nitrogens with one attached hydrogen (secondary N) is 1. The number of fused-ring (bicyclic) bond motifs is 2. The van der Waals surface area contributed by atoms with Crippen LogP contribution in [-0.2, 0) is 4.79 Å². The number of hydrazone groups is 1. The van der Waals surface area contributed by atoms with Crippen molar-refractivity contribution in [1.82, 2.24) is 10.4 Å². The van der Waals surface area contributed by atoms with Gasteiger partial charge in [-0.3, -0.25) is 4.79 Å². The smallest absolute Gasteiger partial charge is 0.250 e. The summed E-state index contributed by atoms with van der Waals surface area (Å²) >= 11 is 2.94. The van der Waals surface area contributed by atoms with Crippen LogP contribution in [0.3, 0.4) is 0 Å². The average molecular weight is 393 g/mol. The molecule has 0 saturated heterocycles. The van der Waals surface area contributed by atoms with E-state index in [1.165, 1.54) is 18.0 Å². The number of carbonyl (C=O) groups is 1. The van der Waals surface area contributed by atoms with E-state index in [1.807, 2.05) is 54.6 Å². The Morgan fingerprint density at radius 2 is 1.96 bits per heavy atom. The number of carbonyl (C=O) groups excluding carboxylic acids is 1. The third kappa shape index (κ3) is 3.94. The number of amides is 1. The van der Waals surface area contributed by atoms with E-state index in [-0.39, 0.29) is 17.4 Å². The van der Waals surface area contributed by atoms with Gasteiger partial charge >= 0.3 is 0 Å². The summed E-state index contributed by atoms with van der Waals surface area (Å²) in [5.41, 5.74) is 4.02. The molecule has 1 amide bonds. The zero-order chi connectivity index (χ0) is 18.6. The van der Waals surface area contributed by atoms with Gasteiger partial charge in [0, 0.05) is 5.56 Å². The molecule has 0 fully saturated rings. The van der Waals surface area contributed by atoms with Crippen molar-refractivity contribution in [3.8, 4) is 5.75 Å². The van der Waals surface area contributed by atoms with Crippen LogP contribution >= 0.6 is 23.1 Å². The van der Waals surface area contributed by atoms with Crippen molar-refractivity contribution >= 4 is 56.2 Å². The minimum absolute atomic E-state index is 0.121. The number of aromatic hydroxyl groups is 1. The molecule has 2 N–H and O–H groups in total. The Hall–Kier alpha value is -2.90. The van der Waals surface area contributed by atoms with Gasteiger partial charge in [0.05, 0.1) is 22.2 Å². The fourth-order valence-electron chi connectivity index (χ4n) is 2.66. The fourth-order valence-corrected chi connectivity index (χ4v) is 4.52. The van der Waals surface area contributed by atoms with Crippen LogP contribution in [-0.4, -0.2) is 28.0 Å². The van der Waals surface area contributed by atoms with Gasteiger partial charge in [-0.25, -0.2) is 10.4 Å². The van der Waals surface area contributed by atoms with Gasteiger partial charge in [0.1, 0.15) is 5.75 Å². The normalized spacial score (nSPS) is 11.4. The zero-order valence-electron chi connectivity index (χ0n) is 14.1. The van der Waals surface area contributed by atoms with Crippen LogP contribution in [0.25, 0.3) is 21.0 Å². The molecule has 27 heavy (non-hydrogen) atoms. The second-order valence-corrected chi connectivity index (χ2v) is 8.00. The van der Waals surface area contributed by atoms with Gasteiger partial charge in [-0.05, 0) is 29.0 Å². The highest BCUT2D eigenvalue weighted by Gasteiger charge is 2.08. The average Bonchev–Trinajstić information content (AvgIpc) is 3.11. The molecule has 1 aromatic heterocycles. The molecule has 0 unspecified atom stereocenters. The second kappa shape index (κ2) is 7.77. The lowest BCUT2D eigenvalue weighted by Gasteiger charge is -2.04. The van der Waals surface area contributed by atoms with E-state index >= 15 is 0 Å². The number of phenolic OH excluding ortho intramolecular Hbond substituents is 1. The van der Waals surface area contributed by atoms with E-state index in [0.29, 0.717) is 5.56 Å². The van der Waals surface area contributed by atoms with Gasteiger partial charge in [0.15, 0.2) is 4.34 Å². The van der Waals surface area contributed by atoms with Crippen molar-refractivity contribution < 1.29 is 9.90 Å². The van der Waals surface area contributed by atoms with Crippen LogP contribution in [0.15, 0.2) is 70.1 Å². The molecule has 1 heterocycles. The molecular formula is C20H15N3O2S2. The number of hydrogen-bond donors (Lipinski definition) is 2. The second-order valence-electron chi connectivity index (χ2n) is 5.75. The quantitative estimate of drug-likeness (QED) is 0.299. The Bertz CT molecular complexity index is 1120. The maximum absolute atomic E-state index is 12.0. The third-order valence-electron chi connectivity index (χ3n) is 3.93. The first kappa shape index (κ1) is 17.5. The summed E-state index contributed by atoms with van der Waals surface area (Å²) in [7, 11) is 0. The van der Waals surface area contributed by atoms with Crippen molar-refractivity contribution in [2.75, 3.05) is 5.75 Å². The van der Waals surface area contributed by atoms with Crippen molar-refractivity contribution in [2.45, 2.75) is 4.34 Å². The molecule has 4 rings (SSSR count). The molecule has 134 valence electrons. The fraction of sp³-hybridized carbons (Fsp3) is 0.0500. The van der Waals surface area contributed by atoms with E-state index in [9.17, 15) is 9.90 Å². The first-order valence-corrected chi connectivity index (χ1v) is 10.0. The molecule has 0 aliphatic carbocycles. The lowest BCUT2D eigenvalue weighted by Crippen LogP contribution is -2.19. The monoisotopic (exact) mass is 393 g/mol. The van der Waals surface area contributed by atoms with Gasteiger partial charge in [0.25, 0.3) is 5.91 Å². The Morgan fingerprint density at radius 1 is 1.15 bits per heavy atom. The number of rotatable bonds is 5. The number of aromatic nitrogens is 1. The van der Waals surface area contributed by atoms with Gasteiger partial charge in [0.2, 0.25) is 0 Å². The maximum atomic E-state index is 12.0. The predicted molar refractivity (Wildman–Crippen MR) is 112 cm³/mol. The number of benzene rings is 3. The third-order valence-corrected chi connectivity index (χ3v) is 6.11. The first-order chi connectivity index (χ1) is 13.2. The van der Waals surface area contributed by atoms with Gasteiger partial charge in [-0.1, -0.05) is 54.2 Å². The van der Waals surface area contributed by atoms with E-state index in [0.717, 1.165) is 25.3 Å². The molecule has 0 aliphatic rings. The summed E-state index contributed by atoms with van der Waals surface area (Å²) in [5.74, 6) is 0.115. The van der Waals surface area contributed by atoms with E-state index < -0.39 is 0 Å². The summed E-state index contributed by atoms with van der Waals surface area (Å²) in [4.78, 5) is 16.5. The molecule has 0 aliphatic heterocycles. The topological polar surface area (TPSA) is 74.6 Å². The summed E-state index contributed by atoms with van der Waals surface area (Å²) in [6.07, 6.45) is 1.47. The lowest BCUT2D eigenvalue weighted by atomic mass is 10.0. The van der Waals surface area contributed by atoms with E-state index in [2.05, 4.69) is 15.5 Å². The van der Waals surface area contributed by atoms with Crippen molar-refractivity contribution in [3.63, 3.8) is 0 Å². The Balaban J connectivity index is 1.40. The molecule has 3 aromatic carbocycles. The molecule has 0 saturated carbocycles. The molecule has 0 atom stereocenters. The molecule has 5 nitrogen and oxygen atoms in total. The first-order valence-electron chi connectivity index (χ1n) is 8.22. The molecule has 0 radical (unpaired) electrons. The number of phenols is 1. The standard InChI is InChI=1S/C20H15N3O2S2/c24-17-10-9-13-5-1-2-6-14(13)15(17)11-21-23-19(25)12-26-20-22-16-7-3-4-8-18(16)27-20/h1-11,24H,12H2,(H,23,25). The van der Waals surface area contributed by atoms with Crippen LogP contribution in [0.4, 0.5) is 0 Å². The summed E-state index contributed by atoms with van der Waals surface area (Å²) < 4.78 is 1.95. The predicted octanol–water partition coefficient (Wildman–Crippen LogP) is 4.40. The molecule has 7 heteroatoms. The van der Waals surface area contributed by atoms with Gasteiger partial charge in [-0.15, -0.1) is 11.3 Å². The van der Waals surface area contributed by atoms with Gasteiger partial charge in [-0.2, -0.15) is 5.10 Å². The highest BCUT2D eigenvalue weighted by Crippen LogP contribution is 2.29. The summed E-state index contributed by atoms with van der Waals surface area (Å²) in [5, 5.41) is 15.9. The maximum Gasteiger partial charge on any atom is 0.250 e. The SMILES string of the molecule is O=C(CSc1nc2ccccc2s1)NN=Cc1c(O)ccc2ccccc12. The minimum atomic E-state index is -0.227. The number of hydrogen-bond acceptors (Lipinski definition) is 6. The minimum Gasteiger partial charge on any atom is -0.507 e. The van der Waals surface area contributed by atoms with Crippen LogP contribution in [0.1, 0.15) is 5.56 Å². The van der Waals surface area contributed by atoms with Crippen LogP contribution in [0.2, 0.25) is 0 Å². The summed E-state index contributed by atoms with van der Waals surface area (Å²) in [6.45, 7) is 0. The van der Waals surface area contributed by atoms with Gasteiger partial charge < -0.3 is 5.11 Å². The summed E-state index contributed by atoms with van der Waals surface area (Å²) in [6, 6.07) is 19.0. The Morgan fingerprint density at radius 3 is 2.85 bits per heavy atom. The molecule has 0 bridgehead atoms. The lowest BCUT2D eigenvalue weighted by molar-refractivity contribution is -0.118. The van der Waals surface area contributed by atoms with Crippen molar-refractivity contribution in [1.29, 1.82) is 0 Å². The number of thioether (sulfide) groups is 1. The van der Waals surface area contributed by atoms with E-state index in [4.69, 9.17) is 0 Å². The van der Waals surface area contributed by atoms with Crippen molar-refractivity contribution in [2.24, 2.45) is 5.10 Å². The van der Waals surface area contributed by atoms with Crippen LogP contribution < -0.4 is 5.43 Å². The van der Waals surface area contributed by atoms with Crippen molar-refractivity contribution in [3.05, 3.63) is 66.2 Å². The number of para-hydroxylation sites is 1. The highest BCUT2D eigenvalue weighted by atomic mass is 32.2. The Kier molecular flexibility index (Phi) is 5.04. The molecule has 4 aromatic rings. The molecule has 0 spiro atoms. The Labute approximate surface area is 163 Å². The van der Waals surface area contributed by atoms with Crippen LogP contribution in [0.5, 0.6) is 5.75 Å². The number of thiazole rings is 1. The number of nitrogens with zero attached hydrogens (tertiary/aromatic N) is 2. The zero-order valence-corrected chi connectivity index (χ0v) is 15.8. The van der Waals surface area contributed by atoms with Crippen LogP contribution in [0, 0.1) is 0 Å².